The molecular weight excluding hydrogens is 296 g/mol. The maximum Gasteiger partial charge on any atom is 0.302 e. The molecule has 98 valence electrons. The van der Waals surface area contributed by atoms with Crippen LogP contribution in [0.4, 0.5) is 0 Å². The molecule has 3 nitrogen and oxygen atoms in total. The molecular formula is C14H17BrO3. The average molecular weight is 313 g/mol. The number of hydrogen-bond donors (Lipinski definition) is 0. The summed E-state index contributed by atoms with van der Waals surface area (Å²) in [5.41, 5.74) is 1.20. The highest BCUT2D eigenvalue weighted by Gasteiger charge is 2.33. The van der Waals surface area contributed by atoms with E-state index in [2.05, 4.69) is 28.9 Å². The summed E-state index contributed by atoms with van der Waals surface area (Å²) in [5.74, 6) is 0.718. The number of fused-ring (bicyclic) bond motifs is 1. The summed E-state index contributed by atoms with van der Waals surface area (Å²) in [5, 5.41) is 0. The van der Waals surface area contributed by atoms with E-state index in [1.54, 1.807) is 0 Å². The van der Waals surface area contributed by atoms with Gasteiger partial charge in [-0.15, -0.1) is 0 Å². The van der Waals surface area contributed by atoms with E-state index >= 15 is 0 Å². The van der Waals surface area contributed by atoms with E-state index in [0.29, 0.717) is 13.2 Å². The smallest absolute Gasteiger partial charge is 0.302 e. The predicted octanol–water partition coefficient (Wildman–Crippen LogP) is 3.44. The second-order valence-electron chi connectivity index (χ2n) is 4.89. The van der Waals surface area contributed by atoms with Crippen LogP contribution in [0.25, 0.3) is 0 Å². The van der Waals surface area contributed by atoms with Crippen LogP contribution in [0.3, 0.4) is 0 Å². The molecule has 0 bridgehead atoms. The Morgan fingerprint density at radius 1 is 1.56 bits per heavy atom. The zero-order valence-corrected chi connectivity index (χ0v) is 12.2. The molecule has 0 spiro atoms. The molecule has 0 amide bonds. The lowest BCUT2D eigenvalue weighted by molar-refractivity contribution is -0.141. The van der Waals surface area contributed by atoms with Gasteiger partial charge in [-0.3, -0.25) is 4.79 Å². The highest BCUT2D eigenvalue weighted by molar-refractivity contribution is 9.10. The fourth-order valence-corrected chi connectivity index (χ4v) is 2.66. The normalized spacial score (nSPS) is 21.9. The molecule has 1 aromatic carbocycles. The van der Waals surface area contributed by atoms with Gasteiger partial charge in [-0.05, 0) is 31.0 Å². The first-order valence-electron chi connectivity index (χ1n) is 6.07. The summed E-state index contributed by atoms with van der Waals surface area (Å²) < 4.78 is 11.8. The quantitative estimate of drug-likeness (QED) is 0.802. The van der Waals surface area contributed by atoms with E-state index in [-0.39, 0.29) is 11.4 Å². The minimum atomic E-state index is -0.222. The van der Waals surface area contributed by atoms with Gasteiger partial charge >= 0.3 is 5.97 Å². The molecule has 0 aromatic heterocycles. The van der Waals surface area contributed by atoms with Crippen molar-refractivity contribution >= 4 is 21.9 Å². The lowest BCUT2D eigenvalue weighted by Gasteiger charge is -2.35. The zero-order chi connectivity index (χ0) is 13.2. The molecule has 0 N–H and O–H groups in total. The minimum absolute atomic E-state index is 0.00676. The van der Waals surface area contributed by atoms with Gasteiger partial charge in [-0.2, -0.15) is 0 Å². The van der Waals surface area contributed by atoms with E-state index in [1.165, 1.54) is 12.5 Å². The summed E-state index contributed by atoms with van der Waals surface area (Å²) in [6, 6.07) is 6.07. The van der Waals surface area contributed by atoms with Crippen LogP contribution in [0.2, 0.25) is 0 Å². The molecule has 2 rings (SSSR count). The second kappa shape index (κ2) is 5.31. The maximum absolute atomic E-state index is 10.8. The van der Waals surface area contributed by atoms with E-state index in [1.807, 2.05) is 12.1 Å². The number of benzene rings is 1. The van der Waals surface area contributed by atoms with Gasteiger partial charge in [0.25, 0.3) is 0 Å². The van der Waals surface area contributed by atoms with Crippen molar-refractivity contribution in [3.05, 3.63) is 28.2 Å². The van der Waals surface area contributed by atoms with Crippen LogP contribution >= 0.6 is 15.9 Å². The molecule has 1 aliphatic heterocycles. The second-order valence-corrected chi connectivity index (χ2v) is 5.81. The fourth-order valence-electron chi connectivity index (χ4n) is 2.30. The third-order valence-corrected chi connectivity index (χ3v) is 3.96. The number of carbonyl (C=O) groups is 1. The highest BCUT2D eigenvalue weighted by Crippen LogP contribution is 2.42. The molecule has 0 radical (unpaired) electrons. The monoisotopic (exact) mass is 312 g/mol. The molecule has 1 aliphatic rings. The van der Waals surface area contributed by atoms with Gasteiger partial charge in [-0.25, -0.2) is 0 Å². The Morgan fingerprint density at radius 2 is 2.33 bits per heavy atom. The lowest BCUT2D eigenvalue weighted by atomic mass is 9.75. The largest absolute Gasteiger partial charge is 0.493 e. The third kappa shape index (κ3) is 2.86. The summed E-state index contributed by atoms with van der Waals surface area (Å²) in [4.78, 5) is 10.8. The first kappa shape index (κ1) is 13.4. The molecule has 0 saturated carbocycles. The molecule has 1 atom stereocenters. The van der Waals surface area contributed by atoms with E-state index < -0.39 is 0 Å². The minimum Gasteiger partial charge on any atom is -0.493 e. The standard InChI is InChI=1S/C14H17BrO3/c1-10(16)17-7-5-14(2)6-8-18-13-4-3-11(15)9-12(13)14/h3-4,9H,5-8H2,1-2H3. The Morgan fingerprint density at radius 3 is 3.06 bits per heavy atom. The van der Waals surface area contributed by atoms with Gasteiger partial charge in [0, 0.05) is 22.4 Å². The maximum atomic E-state index is 10.8. The van der Waals surface area contributed by atoms with Crippen LogP contribution in [0.5, 0.6) is 5.75 Å². The van der Waals surface area contributed by atoms with Gasteiger partial charge < -0.3 is 9.47 Å². The Hall–Kier alpha value is -1.03. The van der Waals surface area contributed by atoms with Crippen molar-refractivity contribution in [2.75, 3.05) is 13.2 Å². The zero-order valence-electron chi connectivity index (χ0n) is 10.7. The van der Waals surface area contributed by atoms with Crippen LogP contribution < -0.4 is 4.74 Å². The van der Waals surface area contributed by atoms with E-state index in [0.717, 1.165) is 23.1 Å². The van der Waals surface area contributed by atoms with Crippen molar-refractivity contribution in [3.8, 4) is 5.75 Å². The van der Waals surface area contributed by atoms with Crippen LogP contribution in [0.1, 0.15) is 32.3 Å². The molecule has 0 aliphatic carbocycles. The van der Waals surface area contributed by atoms with Crippen molar-refractivity contribution in [2.24, 2.45) is 0 Å². The first-order chi connectivity index (χ1) is 8.51. The van der Waals surface area contributed by atoms with Crippen LogP contribution in [-0.2, 0) is 14.9 Å². The SMILES string of the molecule is CC(=O)OCCC1(C)CCOc2ccc(Br)cc21. The van der Waals surface area contributed by atoms with Crippen molar-refractivity contribution in [3.63, 3.8) is 0 Å². The van der Waals surface area contributed by atoms with Crippen molar-refractivity contribution in [2.45, 2.75) is 32.1 Å². The van der Waals surface area contributed by atoms with Gasteiger partial charge in [-0.1, -0.05) is 22.9 Å². The molecule has 18 heavy (non-hydrogen) atoms. The Labute approximate surface area is 116 Å². The molecule has 1 heterocycles. The van der Waals surface area contributed by atoms with Gasteiger partial charge in [0.2, 0.25) is 0 Å². The number of hydrogen-bond acceptors (Lipinski definition) is 3. The van der Waals surface area contributed by atoms with Crippen LogP contribution in [0, 0.1) is 0 Å². The van der Waals surface area contributed by atoms with Crippen LogP contribution in [0.15, 0.2) is 22.7 Å². The molecule has 0 fully saturated rings. The third-order valence-electron chi connectivity index (χ3n) is 3.46. The predicted molar refractivity (Wildman–Crippen MR) is 72.9 cm³/mol. The lowest BCUT2D eigenvalue weighted by Crippen LogP contribution is -2.31. The number of esters is 1. The number of carbonyl (C=O) groups excluding carboxylic acids is 1. The summed E-state index contributed by atoms with van der Waals surface area (Å²) in [6.07, 6.45) is 1.76. The molecule has 0 saturated heterocycles. The van der Waals surface area contributed by atoms with Crippen molar-refractivity contribution in [1.82, 2.24) is 0 Å². The fraction of sp³-hybridized carbons (Fsp3) is 0.500. The van der Waals surface area contributed by atoms with Crippen molar-refractivity contribution < 1.29 is 14.3 Å². The summed E-state index contributed by atoms with van der Waals surface area (Å²) >= 11 is 3.49. The Balaban J connectivity index is 2.19. The average Bonchev–Trinajstić information content (AvgIpc) is 2.30. The number of halogens is 1. The molecule has 4 heteroatoms. The topological polar surface area (TPSA) is 35.5 Å². The number of rotatable bonds is 3. The van der Waals surface area contributed by atoms with Gasteiger partial charge in [0.05, 0.1) is 13.2 Å². The number of ether oxygens (including phenoxy) is 2. The highest BCUT2D eigenvalue weighted by atomic mass is 79.9. The summed E-state index contributed by atoms with van der Waals surface area (Å²) in [6.45, 7) is 4.81. The van der Waals surface area contributed by atoms with Crippen LogP contribution in [-0.4, -0.2) is 19.2 Å². The van der Waals surface area contributed by atoms with Crippen molar-refractivity contribution in [1.29, 1.82) is 0 Å². The Kier molecular flexibility index (Phi) is 3.95. The van der Waals surface area contributed by atoms with E-state index in [9.17, 15) is 4.79 Å². The Bertz CT molecular complexity index is 458. The molecule has 1 unspecified atom stereocenters. The summed E-state index contributed by atoms with van der Waals surface area (Å²) in [7, 11) is 0. The van der Waals surface area contributed by atoms with Gasteiger partial charge in [0.15, 0.2) is 0 Å². The molecule has 1 aromatic rings. The van der Waals surface area contributed by atoms with E-state index in [4.69, 9.17) is 9.47 Å². The first-order valence-corrected chi connectivity index (χ1v) is 6.87. The van der Waals surface area contributed by atoms with Gasteiger partial charge in [0.1, 0.15) is 5.75 Å².